The molecule has 7 heteroatoms. The van der Waals surface area contributed by atoms with Crippen molar-refractivity contribution >= 4 is 22.7 Å². The number of urea groups is 1. The van der Waals surface area contributed by atoms with Crippen molar-refractivity contribution in [2.75, 3.05) is 19.5 Å². The Bertz CT molecular complexity index is 1120. The Morgan fingerprint density at radius 2 is 1.74 bits per heavy atom. The molecule has 3 aromatic rings. The molecular weight excluding hydrogens is 348 g/mol. The summed E-state index contributed by atoms with van der Waals surface area (Å²) in [6, 6.07) is 11.9. The Labute approximate surface area is 154 Å². The van der Waals surface area contributed by atoms with E-state index < -0.39 is 17.2 Å². The minimum atomic E-state index is -1.11. The van der Waals surface area contributed by atoms with Gasteiger partial charge >= 0.3 is 11.7 Å². The average Bonchev–Trinajstić information content (AvgIpc) is 2.66. The van der Waals surface area contributed by atoms with Gasteiger partial charge in [-0.3, -0.25) is 0 Å². The van der Waals surface area contributed by atoms with Crippen LogP contribution in [0, 0.1) is 0 Å². The van der Waals surface area contributed by atoms with E-state index in [2.05, 4.69) is 10.6 Å². The van der Waals surface area contributed by atoms with Crippen LogP contribution in [-0.4, -0.2) is 20.3 Å². The summed E-state index contributed by atoms with van der Waals surface area (Å²) in [6.07, 6.45) is 0. The first-order valence-corrected chi connectivity index (χ1v) is 8.36. The third kappa shape index (κ3) is 2.51. The SMILES string of the molecule is COc1ccc(C2(C)NC(=O)Nc3c2c(=O)oc2ccccc32)cc1OC. The summed E-state index contributed by atoms with van der Waals surface area (Å²) in [7, 11) is 3.07. The Kier molecular flexibility index (Phi) is 3.80. The van der Waals surface area contributed by atoms with Gasteiger partial charge in [0, 0.05) is 5.39 Å². The highest BCUT2D eigenvalue weighted by molar-refractivity contribution is 6.04. The number of fused-ring (bicyclic) bond motifs is 3. The minimum absolute atomic E-state index is 0.327. The quantitative estimate of drug-likeness (QED) is 0.695. The van der Waals surface area contributed by atoms with E-state index in [-0.39, 0.29) is 0 Å². The number of nitrogens with one attached hydrogen (secondary N) is 2. The maximum Gasteiger partial charge on any atom is 0.344 e. The molecule has 27 heavy (non-hydrogen) atoms. The molecule has 1 atom stereocenters. The maximum absolute atomic E-state index is 12.8. The van der Waals surface area contributed by atoms with Crippen LogP contribution in [0.15, 0.2) is 51.7 Å². The number of ether oxygens (including phenoxy) is 2. The standard InChI is InChI=1S/C20H18N2O5/c1-20(11-8-9-14(25-2)15(10-11)26-3)16-17(21-19(24)22-20)12-6-4-5-7-13(12)27-18(16)23/h4-10H,1-3H3,(H2,21,22,24). The van der Waals surface area contributed by atoms with E-state index in [9.17, 15) is 9.59 Å². The third-order valence-corrected chi connectivity index (χ3v) is 4.88. The second-order valence-corrected chi connectivity index (χ2v) is 6.41. The number of methoxy groups -OCH3 is 2. The number of rotatable bonds is 3. The molecule has 0 spiro atoms. The fraction of sp³-hybridized carbons (Fsp3) is 0.200. The van der Waals surface area contributed by atoms with Crippen molar-refractivity contribution in [1.82, 2.24) is 5.32 Å². The van der Waals surface area contributed by atoms with Gasteiger partial charge in [-0.25, -0.2) is 9.59 Å². The summed E-state index contributed by atoms with van der Waals surface area (Å²) < 4.78 is 16.2. The lowest BCUT2D eigenvalue weighted by Crippen LogP contribution is -2.53. The number of amides is 2. The fourth-order valence-electron chi connectivity index (χ4n) is 3.53. The molecule has 0 radical (unpaired) electrons. The monoisotopic (exact) mass is 366 g/mol. The highest BCUT2D eigenvalue weighted by Gasteiger charge is 2.41. The molecule has 4 rings (SSSR count). The molecule has 0 aliphatic carbocycles. The van der Waals surface area contributed by atoms with Gasteiger partial charge < -0.3 is 24.5 Å². The number of benzene rings is 2. The zero-order chi connectivity index (χ0) is 19.2. The zero-order valence-corrected chi connectivity index (χ0v) is 15.1. The van der Waals surface area contributed by atoms with Gasteiger partial charge in [0.1, 0.15) is 5.58 Å². The smallest absolute Gasteiger partial charge is 0.344 e. The van der Waals surface area contributed by atoms with Crippen LogP contribution >= 0.6 is 0 Å². The van der Waals surface area contributed by atoms with Crippen LogP contribution in [0.3, 0.4) is 0 Å². The molecule has 138 valence electrons. The molecule has 2 aromatic carbocycles. The molecule has 1 unspecified atom stereocenters. The summed E-state index contributed by atoms with van der Waals surface area (Å²) in [6.45, 7) is 1.76. The van der Waals surface area contributed by atoms with E-state index >= 15 is 0 Å². The number of carbonyl (C=O) groups is 1. The lowest BCUT2D eigenvalue weighted by atomic mass is 9.82. The molecule has 7 nitrogen and oxygen atoms in total. The molecule has 2 heterocycles. The van der Waals surface area contributed by atoms with E-state index in [1.54, 1.807) is 50.4 Å². The van der Waals surface area contributed by atoms with Gasteiger partial charge in [-0.15, -0.1) is 0 Å². The lowest BCUT2D eigenvalue weighted by molar-refractivity contribution is 0.241. The Morgan fingerprint density at radius 3 is 2.48 bits per heavy atom. The first kappa shape index (κ1) is 17.0. The normalized spacial score (nSPS) is 18.4. The maximum atomic E-state index is 12.8. The molecule has 0 bridgehead atoms. The fourth-order valence-corrected chi connectivity index (χ4v) is 3.53. The van der Waals surface area contributed by atoms with E-state index in [0.717, 1.165) is 0 Å². The molecule has 0 fully saturated rings. The van der Waals surface area contributed by atoms with E-state index in [4.69, 9.17) is 13.9 Å². The van der Waals surface area contributed by atoms with Crippen LogP contribution < -0.4 is 25.7 Å². The summed E-state index contributed by atoms with van der Waals surface area (Å²) in [5, 5.41) is 6.27. The predicted octanol–water partition coefficient (Wildman–Crippen LogP) is 3.21. The van der Waals surface area contributed by atoms with Crippen LogP contribution in [0.25, 0.3) is 11.0 Å². The second kappa shape index (κ2) is 6.05. The third-order valence-electron chi connectivity index (χ3n) is 4.88. The van der Waals surface area contributed by atoms with Gasteiger partial charge in [-0.05, 0) is 36.8 Å². The van der Waals surface area contributed by atoms with Crippen molar-refractivity contribution < 1.29 is 18.7 Å². The molecule has 1 aliphatic rings. The summed E-state index contributed by atoms with van der Waals surface area (Å²) in [5.41, 5.74) is 0.225. The van der Waals surface area contributed by atoms with Gasteiger partial charge in [0.15, 0.2) is 11.5 Å². The molecular formula is C20H18N2O5. The zero-order valence-electron chi connectivity index (χ0n) is 15.1. The van der Waals surface area contributed by atoms with E-state index in [1.165, 1.54) is 7.11 Å². The van der Waals surface area contributed by atoms with Crippen molar-refractivity contribution in [1.29, 1.82) is 0 Å². The second-order valence-electron chi connectivity index (χ2n) is 6.41. The van der Waals surface area contributed by atoms with Crippen molar-refractivity contribution in [2.24, 2.45) is 0 Å². The number of para-hydroxylation sites is 1. The topological polar surface area (TPSA) is 89.8 Å². The van der Waals surface area contributed by atoms with Crippen molar-refractivity contribution in [2.45, 2.75) is 12.5 Å². The van der Waals surface area contributed by atoms with Crippen molar-refractivity contribution in [3.05, 3.63) is 64.0 Å². The molecule has 2 amide bonds. The molecule has 0 saturated carbocycles. The largest absolute Gasteiger partial charge is 0.493 e. The molecule has 0 saturated heterocycles. The Hall–Kier alpha value is -3.48. The highest BCUT2D eigenvalue weighted by Crippen LogP contribution is 2.41. The number of anilines is 1. The van der Waals surface area contributed by atoms with Gasteiger partial charge in [-0.1, -0.05) is 18.2 Å². The minimum Gasteiger partial charge on any atom is -0.493 e. The van der Waals surface area contributed by atoms with Crippen LogP contribution in [0.5, 0.6) is 11.5 Å². The number of carbonyl (C=O) groups excluding carboxylic acids is 1. The van der Waals surface area contributed by atoms with Gasteiger partial charge in [0.05, 0.1) is 31.0 Å². The molecule has 1 aliphatic heterocycles. The lowest BCUT2D eigenvalue weighted by Gasteiger charge is -2.36. The van der Waals surface area contributed by atoms with Crippen LogP contribution in [0.1, 0.15) is 18.1 Å². The predicted molar refractivity (Wildman–Crippen MR) is 101 cm³/mol. The van der Waals surface area contributed by atoms with Crippen LogP contribution in [-0.2, 0) is 5.54 Å². The summed E-state index contributed by atoms with van der Waals surface area (Å²) >= 11 is 0. The van der Waals surface area contributed by atoms with Crippen molar-refractivity contribution in [3.8, 4) is 11.5 Å². The van der Waals surface area contributed by atoms with Gasteiger partial charge in [0.2, 0.25) is 0 Å². The Balaban J connectivity index is 2.02. The van der Waals surface area contributed by atoms with E-state index in [0.29, 0.717) is 39.3 Å². The first-order chi connectivity index (χ1) is 13.0. The summed E-state index contributed by atoms with van der Waals surface area (Å²) in [5.74, 6) is 1.05. The Morgan fingerprint density at radius 1 is 1.00 bits per heavy atom. The van der Waals surface area contributed by atoms with Crippen LogP contribution in [0.4, 0.5) is 10.5 Å². The molecule has 2 N–H and O–H groups in total. The highest BCUT2D eigenvalue weighted by atomic mass is 16.5. The first-order valence-electron chi connectivity index (χ1n) is 8.36. The van der Waals surface area contributed by atoms with Crippen molar-refractivity contribution in [3.63, 3.8) is 0 Å². The number of hydrogen-bond acceptors (Lipinski definition) is 5. The summed E-state index contributed by atoms with van der Waals surface area (Å²) in [4.78, 5) is 25.3. The van der Waals surface area contributed by atoms with E-state index in [1.807, 2.05) is 6.07 Å². The van der Waals surface area contributed by atoms with Crippen LogP contribution in [0.2, 0.25) is 0 Å². The van der Waals surface area contributed by atoms with Gasteiger partial charge in [-0.2, -0.15) is 0 Å². The average molecular weight is 366 g/mol. The molecule has 1 aromatic heterocycles. The van der Waals surface area contributed by atoms with Gasteiger partial charge in [0.25, 0.3) is 0 Å². The number of hydrogen-bond donors (Lipinski definition) is 2.